The van der Waals surface area contributed by atoms with Crippen molar-refractivity contribution in [2.24, 2.45) is 0 Å². The minimum atomic E-state index is -0.776. The Morgan fingerprint density at radius 1 is 1.12 bits per heavy atom. The fraction of sp³-hybridized carbons (Fsp3) is 0.588. The molecule has 4 rings (SSSR count). The molecule has 1 aromatic carbocycles. The molecule has 1 amide bonds. The van der Waals surface area contributed by atoms with E-state index >= 15 is 0 Å². The first-order chi connectivity index (χ1) is 11.6. The number of likely N-dealkylation sites (tertiary alicyclic amines) is 2. The van der Waals surface area contributed by atoms with E-state index in [1.165, 1.54) is 17.6 Å². The lowest BCUT2D eigenvalue weighted by Crippen LogP contribution is -2.45. The quantitative estimate of drug-likeness (QED) is 0.884. The van der Waals surface area contributed by atoms with Gasteiger partial charge in [-0.05, 0) is 44.5 Å². The summed E-state index contributed by atoms with van der Waals surface area (Å²) < 4.78 is 0. The van der Waals surface area contributed by atoms with Gasteiger partial charge in [0, 0.05) is 13.1 Å². The van der Waals surface area contributed by atoms with Crippen LogP contribution in [0.15, 0.2) is 24.3 Å². The van der Waals surface area contributed by atoms with E-state index in [9.17, 15) is 9.90 Å². The molecule has 0 bridgehead atoms. The van der Waals surface area contributed by atoms with Crippen LogP contribution in [-0.2, 0) is 11.3 Å². The minimum Gasteiger partial charge on any atom is -0.387 e. The summed E-state index contributed by atoms with van der Waals surface area (Å²) in [4.78, 5) is 18.0. The molecule has 128 valence electrons. The zero-order valence-corrected chi connectivity index (χ0v) is 13.8. The van der Waals surface area contributed by atoms with E-state index in [-0.39, 0.29) is 12.5 Å². The number of nitrogens with zero attached hydrogens (tertiary/aromatic N) is 5. The van der Waals surface area contributed by atoms with E-state index in [0.717, 1.165) is 24.1 Å². The van der Waals surface area contributed by atoms with Crippen molar-refractivity contribution in [2.75, 3.05) is 32.7 Å². The van der Waals surface area contributed by atoms with Crippen LogP contribution in [0.5, 0.6) is 0 Å². The van der Waals surface area contributed by atoms with Gasteiger partial charge in [0.1, 0.15) is 17.6 Å². The molecule has 7 nitrogen and oxygen atoms in total. The van der Waals surface area contributed by atoms with E-state index in [1.807, 2.05) is 24.3 Å². The summed E-state index contributed by atoms with van der Waals surface area (Å²) >= 11 is 0. The summed E-state index contributed by atoms with van der Waals surface area (Å²) in [5, 5.41) is 19.4. The summed E-state index contributed by atoms with van der Waals surface area (Å²) in [6, 6.07) is 7.58. The highest BCUT2D eigenvalue weighted by atomic mass is 16.3. The second-order valence-corrected chi connectivity index (χ2v) is 6.99. The third kappa shape index (κ3) is 3.14. The normalized spacial score (nSPS) is 25.0. The first-order valence-electron chi connectivity index (χ1n) is 8.64. The zero-order valence-electron chi connectivity index (χ0n) is 13.8. The van der Waals surface area contributed by atoms with Gasteiger partial charge >= 0.3 is 0 Å². The number of carbonyl (C=O) groups is 1. The molecule has 0 aliphatic carbocycles. The molecule has 1 atom stereocenters. The van der Waals surface area contributed by atoms with Gasteiger partial charge in [0.2, 0.25) is 5.91 Å². The Morgan fingerprint density at radius 2 is 1.79 bits per heavy atom. The molecule has 2 fully saturated rings. The van der Waals surface area contributed by atoms with Crippen LogP contribution >= 0.6 is 0 Å². The van der Waals surface area contributed by atoms with Crippen molar-refractivity contribution in [3.8, 4) is 0 Å². The van der Waals surface area contributed by atoms with Crippen LogP contribution in [0.4, 0.5) is 0 Å². The molecule has 7 heteroatoms. The Hall–Kier alpha value is -1.99. The third-order valence-corrected chi connectivity index (χ3v) is 5.01. The van der Waals surface area contributed by atoms with Gasteiger partial charge in [-0.25, -0.2) is 0 Å². The Balaban J connectivity index is 1.38. The van der Waals surface area contributed by atoms with Gasteiger partial charge in [0.15, 0.2) is 0 Å². The highest BCUT2D eigenvalue weighted by Gasteiger charge is 2.39. The average molecular weight is 329 g/mol. The molecule has 0 unspecified atom stereocenters. The van der Waals surface area contributed by atoms with Gasteiger partial charge in [-0.1, -0.05) is 12.1 Å². The average Bonchev–Trinajstić information content (AvgIpc) is 3.27. The van der Waals surface area contributed by atoms with Gasteiger partial charge in [-0.2, -0.15) is 15.0 Å². The summed E-state index contributed by atoms with van der Waals surface area (Å²) in [5.74, 6) is -0.0346. The molecule has 1 N–H and O–H groups in total. The van der Waals surface area contributed by atoms with Crippen molar-refractivity contribution in [3.05, 3.63) is 24.3 Å². The molecule has 0 radical (unpaired) electrons. The van der Waals surface area contributed by atoms with E-state index in [0.29, 0.717) is 26.1 Å². The second-order valence-electron chi connectivity index (χ2n) is 6.99. The van der Waals surface area contributed by atoms with Crippen LogP contribution in [-0.4, -0.2) is 74.1 Å². The molecule has 0 saturated carbocycles. The van der Waals surface area contributed by atoms with Crippen molar-refractivity contribution in [3.63, 3.8) is 0 Å². The fourth-order valence-electron chi connectivity index (χ4n) is 3.75. The predicted molar refractivity (Wildman–Crippen MR) is 89.3 cm³/mol. The van der Waals surface area contributed by atoms with Gasteiger partial charge in [-0.3, -0.25) is 4.79 Å². The number of fused-ring (bicyclic) bond motifs is 1. The number of aromatic nitrogens is 3. The second kappa shape index (κ2) is 6.14. The number of β-amino-alcohol motifs (C(OH)–C–C–N with tert-alkyl or cyclic N) is 1. The van der Waals surface area contributed by atoms with Gasteiger partial charge in [0.05, 0.1) is 12.1 Å². The Labute approximate surface area is 140 Å². The fourth-order valence-corrected chi connectivity index (χ4v) is 3.75. The first kappa shape index (κ1) is 15.5. The standard InChI is InChI=1S/C17H23N5O2/c23-16(11-22-18-14-5-1-2-6-15(14)19-22)21-10-7-17(24,13-21)12-20-8-3-4-9-20/h1-2,5-6,24H,3-4,7-13H2/t17-/m1/s1. The third-order valence-electron chi connectivity index (χ3n) is 5.01. The molecule has 2 aliphatic rings. The lowest BCUT2D eigenvalue weighted by atomic mass is 10.0. The van der Waals surface area contributed by atoms with Crippen LogP contribution in [0.25, 0.3) is 11.0 Å². The van der Waals surface area contributed by atoms with Crippen LogP contribution in [0.3, 0.4) is 0 Å². The maximum absolute atomic E-state index is 12.5. The number of benzene rings is 1. The van der Waals surface area contributed by atoms with Crippen molar-refractivity contribution in [1.82, 2.24) is 24.8 Å². The van der Waals surface area contributed by atoms with Crippen molar-refractivity contribution >= 4 is 16.9 Å². The maximum Gasteiger partial charge on any atom is 0.246 e. The summed E-state index contributed by atoms with van der Waals surface area (Å²) in [5.41, 5.74) is 0.803. The number of hydrogen-bond acceptors (Lipinski definition) is 5. The Bertz CT molecular complexity index is 706. The van der Waals surface area contributed by atoms with Crippen LogP contribution in [0, 0.1) is 0 Å². The largest absolute Gasteiger partial charge is 0.387 e. The lowest BCUT2D eigenvalue weighted by molar-refractivity contribution is -0.132. The Morgan fingerprint density at radius 3 is 2.46 bits per heavy atom. The maximum atomic E-state index is 12.5. The minimum absolute atomic E-state index is 0.0346. The number of hydrogen-bond donors (Lipinski definition) is 1. The summed E-state index contributed by atoms with van der Waals surface area (Å²) in [6.45, 7) is 3.91. The lowest BCUT2D eigenvalue weighted by Gasteiger charge is -2.28. The van der Waals surface area contributed by atoms with Gasteiger partial charge < -0.3 is 14.9 Å². The topological polar surface area (TPSA) is 74.5 Å². The number of carbonyl (C=O) groups excluding carboxylic acids is 1. The van der Waals surface area contributed by atoms with Gasteiger partial charge in [-0.15, -0.1) is 0 Å². The number of aliphatic hydroxyl groups is 1. The van der Waals surface area contributed by atoms with Crippen LogP contribution in [0.2, 0.25) is 0 Å². The molecular formula is C17H23N5O2. The molecular weight excluding hydrogens is 306 g/mol. The Kier molecular flexibility index (Phi) is 3.97. The molecule has 2 saturated heterocycles. The zero-order chi connectivity index (χ0) is 16.6. The molecule has 2 aromatic rings. The van der Waals surface area contributed by atoms with E-state index in [4.69, 9.17) is 0 Å². The number of amides is 1. The molecule has 0 spiro atoms. The highest BCUT2D eigenvalue weighted by Crippen LogP contribution is 2.24. The smallest absolute Gasteiger partial charge is 0.246 e. The SMILES string of the molecule is O=C(Cn1nc2ccccc2n1)N1CC[C@@](O)(CN2CCCC2)C1. The first-order valence-corrected chi connectivity index (χ1v) is 8.64. The molecule has 24 heavy (non-hydrogen) atoms. The van der Waals surface area contributed by atoms with Gasteiger partial charge in [0.25, 0.3) is 0 Å². The predicted octanol–water partition coefficient (Wildman–Crippen LogP) is 0.490. The monoisotopic (exact) mass is 329 g/mol. The van der Waals surface area contributed by atoms with E-state index < -0.39 is 5.60 Å². The van der Waals surface area contributed by atoms with E-state index in [2.05, 4.69) is 15.1 Å². The van der Waals surface area contributed by atoms with Crippen molar-refractivity contribution in [2.45, 2.75) is 31.4 Å². The van der Waals surface area contributed by atoms with Crippen LogP contribution in [0.1, 0.15) is 19.3 Å². The number of rotatable bonds is 4. The highest BCUT2D eigenvalue weighted by molar-refractivity contribution is 5.77. The molecule has 2 aliphatic heterocycles. The molecule has 1 aromatic heterocycles. The summed E-state index contributed by atoms with van der Waals surface area (Å²) in [6.07, 6.45) is 3.05. The van der Waals surface area contributed by atoms with Crippen LogP contribution < -0.4 is 0 Å². The summed E-state index contributed by atoms with van der Waals surface area (Å²) in [7, 11) is 0. The van der Waals surface area contributed by atoms with E-state index in [1.54, 1.807) is 4.90 Å². The van der Waals surface area contributed by atoms with Crippen molar-refractivity contribution < 1.29 is 9.90 Å². The van der Waals surface area contributed by atoms with Crippen molar-refractivity contribution in [1.29, 1.82) is 0 Å². The molecule has 3 heterocycles.